The molecule has 0 bridgehead atoms. The summed E-state index contributed by atoms with van der Waals surface area (Å²) < 4.78 is 38.0. The van der Waals surface area contributed by atoms with Crippen LogP contribution in [-0.2, 0) is 11.0 Å². The second-order valence-corrected chi connectivity index (χ2v) is 5.23. The van der Waals surface area contributed by atoms with E-state index in [0.717, 1.165) is 17.8 Å². The van der Waals surface area contributed by atoms with Crippen LogP contribution in [0.4, 0.5) is 24.5 Å². The number of carbonyl (C=O) groups is 1. The van der Waals surface area contributed by atoms with Gasteiger partial charge in [-0.2, -0.15) is 13.2 Å². The highest BCUT2D eigenvalue weighted by Gasteiger charge is 2.30. The fraction of sp³-hybridized carbons (Fsp3) is 0.278. The third-order valence-electron chi connectivity index (χ3n) is 3.54. The normalized spacial score (nSPS) is 11.2. The number of hydrogen-bond acceptors (Lipinski definition) is 2. The van der Waals surface area contributed by atoms with Crippen molar-refractivity contribution in [1.82, 2.24) is 0 Å². The summed E-state index contributed by atoms with van der Waals surface area (Å²) in [4.78, 5) is 13.9. The average Bonchev–Trinajstić information content (AvgIpc) is 2.56. The second kappa shape index (κ2) is 7.86. The summed E-state index contributed by atoms with van der Waals surface area (Å²) >= 11 is 0. The molecule has 0 aromatic heterocycles. The van der Waals surface area contributed by atoms with E-state index < -0.39 is 11.7 Å². The summed E-state index contributed by atoms with van der Waals surface area (Å²) in [6.45, 7) is 2.68. The van der Waals surface area contributed by atoms with Crippen LogP contribution in [0.15, 0.2) is 54.6 Å². The van der Waals surface area contributed by atoms with Crippen molar-refractivity contribution in [2.45, 2.75) is 19.5 Å². The molecule has 3 nitrogen and oxygen atoms in total. The number of halogens is 3. The van der Waals surface area contributed by atoms with E-state index >= 15 is 0 Å². The Morgan fingerprint density at radius 3 is 2.42 bits per heavy atom. The molecule has 0 saturated carbocycles. The Kier molecular flexibility index (Phi) is 5.84. The summed E-state index contributed by atoms with van der Waals surface area (Å²) in [5.74, 6) is -0.0804. The van der Waals surface area contributed by atoms with E-state index in [-0.39, 0.29) is 18.9 Å². The van der Waals surface area contributed by atoms with Crippen LogP contribution >= 0.6 is 0 Å². The molecule has 0 aliphatic heterocycles. The minimum Gasteiger partial charge on any atom is -0.385 e. The standard InChI is InChI=1S/C18H19F3N2O/c1-2-23(16-9-4-3-5-10-16)17(24)11-12-22-15-8-6-7-14(13-15)18(19,20)21/h3-10,13,22H,2,11-12H2,1H3. The molecule has 6 heteroatoms. The van der Waals surface area contributed by atoms with Crippen molar-refractivity contribution >= 4 is 17.3 Å². The summed E-state index contributed by atoms with van der Waals surface area (Å²) in [5.41, 5.74) is 0.447. The van der Waals surface area contributed by atoms with E-state index in [0.29, 0.717) is 12.2 Å². The summed E-state index contributed by atoms with van der Waals surface area (Å²) in [6, 6.07) is 14.2. The number of anilines is 2. The Morgan fingerprint density at radius 2 is 1.79 bits per heavy atom. The molecule has 0 spiro atoms. The van der Waals surface area contributed by atoms with E-state index in [1.54, 1.807) is 11.0 Å². The smallest absolute Gasteiger partial charge is 0.385 e. The first-order chi connectivity index (χ1) is 11.4. The molecule has 0 fully saturated rings. The first kappa shape index (κ1) is 17.8. The van der Waals surface area contributed by atoms with Gasteiger partial charge in [0.05, 0.1) is 5.56 Å². The van der Waals surface area contributed by atoms with Crippen molar-refractivity contribution in [2.75, 3.05) is 23.3 Å². The van der Waals surface area contributed by atoms with Gasteiger partial charge in [-0.1, -0.05) is 24.3 Å². The van der Waals surface area contributed by atoms with Crippen molar-refractivity contribution in [2.24, 2.45) is 0 Å². The molecule has 2 rings (SSSR count). The second-order valence-electron chi connectivity index (χ2n) is 5.23. The minimum absolute atomic E-state index is 0.0804. The Bertz CT molecular complexity index is 671. The zero-order valence-electron chi connectivity index (χ0n) is 13.3. The molecule has 0 aliphatic rings. The lowest BCUT2D eigenvalue weighted by atomic mass is 10.2. The monoisotopic (exact) mass is 336 g/mol. The van der Waals surface area contributed by atoms with Gasteiger partial charge in [-0.05, 0) is 37.3 Å². The van der Waals surface area contributed by atoms with Gasteiger partial charge in [0.15, 0.2) is 0 Å². The number of nitrogens with zero attached hydrogens (tertiary/aromatic N) is 1. The third-order valence-corrected chi connectivity index (χ3v) is 3.54. The number of hydrogen-bond donors (Lipinski definition) is 1. The predicted molar refractivity (Wildman–Crippen MR) is 89.0 cm³/mol. The Morgan fingerprint density at radius 1 is 1.08 bits per heavy atom. The highest BCUT2D eigenvalue weighted by molar-refractivity contribution is 5.93. The number of nitrogens with one attached hydrogen (secondary N) is 1. The maximum absolute atomic E-state index is 12.7. The molecule has 0 heterocycles. The minimum atomic E-state index is -4.38. The lowest BCUT2D eigenvalue weighted by Crippen LogP contribution is -2.31. The first-order valence-electron chi connectivity index (χ1n) is 7.68. The van der Waals surface area contributed by atoms with Crippen molar-refractivity contribution in [3.05, 3.63) is 60.2 Å². The van der Waals surface area contributed by atoms with Gasteiger partial charge >= 0.3 is 6.18 Å². The SMILES string of the molecule is CCN(C(=O)CCNc1cccc(C(F)(F)F)c1)c1ccccc1. The van der Waals surface area contributed by atoms with Gasteiger partial charge in [-0.15, -0.1) is 0 Å². The predicted octanol–water partition coefficient (Wildman–Crippen LogP) is 4.56. The summed E-state index contributed by atoms with van der Waals surface area (Å²) in [7, 11) is 0. The van der Waals surface area contributed by atoms with Gasteiger partial charge in [-0.3, -0.25) is 4.79 Å². The molecule has 128 valence electrons. The molecule has 0 atom stereocenters. The van der Waals surface area contributed by atoms with Gasteiger partial charge in [-0.25, -0.2) is 0 Å². The highest BCUT2D eigenvalue weighted by atomic mass is 19.4. The molecule has 24 heavy (non-hydrogen) atoms. The fourth-order valence-corrected chi connectivity index (χ4v) is 2.37. The van der Waals surface area contributed by atoms with Crippen LogP contribution in [0.1, 0.15) is 18.9 Å². The Labute approximate surface area is 139 Å². The van der Waals surface area contributed by atoms with Gasteiger partial charge in [0.1, 0.15) is 0 Å². The van der Waals surface area contributed by atoms with Crippen molar-refractivity contribution < 1.29 is 18.0 Å². The molecule has 1 N–H and O–H groups in total. The van der Waals surface area contributed by atoms with Crippen molar-refractivity contribution in [3.8, 4) is 0 Å². The molecule has 0 radical (unpaired) electrons. The number of para-hydroxylation sites is 1. The average molecular weight is 336 g/mol. The summed E-state index contributed by atoms with van der Waals surface area (Å²) in [5, 5.41) is 2.87. The Balaban J connectivity index is 1.93. The van der Waals surface area contributed by atoms with E-state index in [1.807, 2.05) is 37.3 Å². The molecule has 0 unspecified atom stereocenters. The van der Waals surface area contributed by atoms with E-state index in [4.69, 9.17) is 0 Å². The number of alkyl halides is 3. The van der Waals surface area contributed by atoms with E-state index in [2.05, 4.69) is 5.32 Å². The van der Waals surface area contributed by atoms with Crippen LogP contribution in [0.5, 0.6) is 0 Å². The topological polar surface area (TPSA) is 32.3 Å². The molecular weight excluding hydrogens is 317 g/mol. The van der Waals surface area contributed by atoms with Gasteiger partial charge in [0.2, 0.25) is 5.91 Å². The van der Waals surface area contributed by atoms with Gasteiger partial charge < -0.3 is 10.2 Å². The van der Waals surface area contributed by atoms with Crippen molar-refractivity contribution in [3.63, 3.8) is 0 Å². The van der Waals surface area contributed by atoms with Crippen molar-refractivity contribution in [1.29, 1.82) is 0 Å². The van der Waals surface area contributed by atoms with Gasteiger partial charge in [0, 0.05) is 30.9 Å². The molecule has 1 amide bonds. The van der Waals surface area contributed by atoms with E-state index in [9.17, 15) is 18.0 Å². The zero-order valence-corrected chi connectivity index (χ0v) is 13.3. The number of benzene rings is 2. The van der Waals surface area contributed by atoms with Crippen LogP contribution in [0.3, 0.4) is 0 Å². The number of rotatable bonds is 6. The first-order valence-corrected chi connectivity index (χ1v) is 7.68. The van der Waals surface area contributed by atoms with Crippen LogP contribution in [-0.4, -0.2) is 19.0 Å². The molecular formula is C18H19F3N2O. The third kappa shape index (κ3) is 4.75. The maximum atomic E-state index is 12.7. The quantitative estimate of drug-likeness (QED) is 0.839. The lowest BCUT2D eigenvalue weighted by molar-refractivity contribution is -0.137. The van der Waals surface area contributed by atoms with Crippen LogP contribution in [0, 0.1) is 0 Å². The van der Waals surface area contributed by atoms with Crippen LogP contribution in [0.2, 0.25) is 0 Å². The number of amides is 1. The maximum Gasteiger partial charge on any atom is 0.416 e. The van der Waals surface area contributed by atoms with Crippen LogP contribution in [0.25, 0.3) is 0 Å². The highest BCUT2D eigenvalue weighted by Crippen LogP contribution is 2.30. The molecule has 2 aromatic carbocycles. The molecule has 0 saturated heterocycles. The van der Waals surface area contributed by atoms with Crippen LogP contribution < -0.4 is 10.2 Å². The van der Waals surface area contributed by atoms with Gasteiger partial charge in [0.25, 0.3) is 0 Å². The molecule has 2 aromatic rings. The Hall–Kier alpha value is -2.50. The van der Waals surface area contributed by atoms with E-state index in [1.165, 1.54) is 6.07 Å². The number of carbonyl (C=O) groups excluding carboxylic acids is 1. The lowest BCUT2D eigenvalue weighted by Gasteiger charge is -2.21. The zero-order chi connectivity index (χ0) is 17.6. The largest absolute Gasteiger partial charge is 0.416 e. The molecule has 0 aliphatic carbocycles. The summed E-state index contributed by atoms with van der Waals surface area (Å²) in [6.07, 6.45) is -4.18. The fourth-order valence-electron chi connectivity index (χ4n) is 2.37.